The number of anilines is 1. The smallest absolute Gasteiger partial charge is 0.121 e. The summed E-state index contributed by atoms with van der Waals surface area (Å²) in [6.45, 7) is 2.88. The van der Waals surface area contributed by atoms with Crippen LogP contribution < -0.4 is 15.4 Å². The first-order chi connectivity index (χ1) is 11.7. The minimum atomic E-state index is 0.450. The molecular weight excluding hydrogens is 296 g/mol. The lowest BCUT2D eigenvalue weighted by atomic mass is 9.61. The van der Waals surface area contributed by atoms with Crippen molar-refractivity contribution in [2.24, 2.45) is 11.1 Å². The molecule has 0 atom stereocenters. The highest BCUT2D eigenvalue weighted by Gasteiger charge is 2.44. The summed E-state index contributed by atoms with van der Waals surface area (Å²) in [6.07, 6.45) is 4.99. The van der Waals surface area contributed by atoms with Crippen molar-refractivity contribution in [1.29, 1.82) is 0 Å². The number of rotatable bonds is 4. The summed E-state index contributed by atoms with van der Waals surface area (Å²) >= 11 is 0. The van der Waals surface area contributed by atoms with Crippen molar-refractivity contribution in [1.82, 2.24) is 0 Å². The van der Waals surface area contributed by atoms with Crippen molar-refractivity contribution in [2.75, 3.05) is 18.0 Å². The zero-order chi connectivity index (χ0) is 16.4. The minimum Gasteiger partial charge on any atom is -0.489 e. The second-order valence-corrected chi connectivity index (χ2v) is 7.43. The monoisotopic (exact) mass is 322 g/mol. The van der Waals surface area contributed by atoms with Crippen molar-refractivity contribution in [3.63, 3.8) is 0 Å². The van der Waals surface area contributed by atoms with E-state index in [2.05, 4.69) is 35.2 Å². The summed E-state index contributed by atoms with van der Waals surface area (Å²) in [6, 6.07) is 19.3. The molecule has 3 heteroatoms. The van der Waals surface area contributed by atoms with E-state index in [1.54, 1.807) is 0 Å². The zero-order valence-corrected chi connectivity index (χ0v) is 14.2. The summed E-state index contributed by atoms with van der Waals surface area (Å²) in [5.74, 6) is 0.947. The Bertz CT molecular complexity index is 669. The first-order valence-electron chi connectivity index (χ1n) is 9.00. The third-order valence-electron chi connectivity index (χ3n) is 5.65. The summed E-state index contributed by atoms with van der Waals surface area (Å²) < 4.78 is 5.97. The Morgan fingerprint density at radius 3 is 2.46 bits per heavy atom. The topological polar surface area (TPSA) is 38.5 Å². The van der Waals surface area contributed by atoms with Crippen LogP contribution >= 0.6 is 0 Å². The Hall–Kier alpha value is -2.00. The van der Waals surface area contributed by atoms with Crippen LogP contribution in [0.1, 0.15) is 31.2 Å². The molecule has 0 unspecified atom stereocenters. The summed E-state index contributed by atoms with van der Waals surface area (Å²) in [5.41, 5.74) is 9.03. The molecule has 3 nitrogen and oxygen atoms in total. The molecule has 1 heterocycles. The van der Waals surface area contributed by atoms with Crippen molar-refractivity contribution in [2.45, 2.75) is 38.3 Å². The largest absolute Gasteiger partial charge is 0.489 e. The van der Waals surface area contributed by atoms with E-state index in [9.17, 15) is 0 Å². The van der Waals surface area contributed by atoms with E-state index >= 15 is 0 Å². The van der Waals surface area contributed by atoms with Crippen LogP contribution in [-0.4, -0.2) is 19.1 Å². The van der Waals surface area contributed by atoms with Gasteiger partial charge in [0.1, 0.15) is 12.4 Å². The molecule has 2 aromatic rings. The van der Waals surface area contributed by atoms with Gasteiger partial charge in [0.25, 0.3) is 0 Å². The molecule has 2 N–H and O–H groups in total. The predicted octanol–water partition coefficient (Wildman–Crippen LogP) is 3.97. The van der Waals surface area contributed by atoms with Gasteiger partial charge in [0, 0.05) is 30.9 Å². The highest BCUT2D eigenvalue weighted by molar-refractivity contribution is 5.51. The molecule has 0 bridgehead atoms. The molecule has 0 amide bonds. The number of hydrogen-bond donors (Lipinski definition) is 1. The SMILES string of the molecule is NC1CC2(CCN(c3cccc(OCc4ccccc4)c3)CC2)C1. The number of hydrogen-bond acceptors (Lipinski definition) is 3. The first-order valence-corrected chi connectivity index (χ1v) is 9.00. The highest BCUT2D eigenvalue weighted by atomic mass is 16.5. The number of benzene rings is 2. The molecule has 0 aromatic heterocycles. The Morgan fingerprint density at radius 1 is 1.00 bits per heavy atom. The normalized spacial score (nSPS) is 20.0. The van der Waals surface area contributed by atoms with Crippen molar-refractivity contribution in [3.8, 4) is 5.75 Å². The average Bonchev–Trinajstić information content (AvgIpc) is 2.61. The average molecular weight is 322 g/mol. The molecule has 126 valence electrons. The molecule has 1 spiro atoms. The summed E-state index contributed by atoms with van der Waals surface area (Å²) in [7, 11) is 0. The van der Waals surface area contributed by atoms with E-state index in [0.29, 0.717) is 18.1 Å². The molecule has 2 aliphatic rings. The van der Waals surface area contributed by atoms with Crippen LogP contribution in [0.25, 0.3) is 0 Å². The Morgan fingerprint density at radius 2 is 1.75 bits per heavy atom. The van der Waals surface area contributed by atoms with E-state index in [1.165, 1.54) is 36.9 Å². The summed E-state index contributed by atoms with van der Waals surface area (Å²) in [4.78, 5) is 2.49. The van der Waals surface area contributed by atoms with Crippen molar-refractivity contribution in [3.05, 3.63) is 60.2 Å². The van der Waals surface area contributed by atoms with Crippen LogP contribution in [0.5, 0.6) is 5.75 Å². The number of nitrogens with two attached hydrogens (primary N) is 1. The molecule has 2 fully saturated rings. The Kier molecular flexibility index (Phi) is 4.19. The third-order valence-corrected chi connectivity index (χ3v) is 5.65. The van der Waals surface area contributed by atoms with E-state index in [-0.39, 0.29) is 0 Å². The van der Waals surface area contributed by atoms with E-state index in [0.717, 1.165) is 18.8 Å². The fourth-order valence-electron chi connectivity index (χ4n) is 4.21. The van der Waals surface area contributed by atoms with Crippen LogP contribution in [0, 0.1) is 5.41 Å². The minimum absolute atomic E-state index is 0.450. The van der Waals surface area contributed by atoms with Gasteiger partial charge < -0.3 is 15.4 Å². The van der Waals surface area contributed by atoms with Gasteiger partial charge >= 0.3 is 0 Å². The van der Waals surface area contributed by atoms with E-state index < -0.39 is 0 Å². The lowest BCUT2D eigenvalue weighted by Gasteiger charge is -2.51. The number of piperidine rings is 1. The van der Waals surface area contributed by atoms with Crippen LogP contribution in [0.15, 0.2) is 54.6 Å². The lowest BCUT2D eigenvalue weighted by molar-refractivity contribution is 0.0713. The van der Waals surface area contributed by atoms with Crippen LogP contribution in [-0.2, 0) is 6.61 Å². The molecule has 1 saturated heterocycles. The van der Waals surface area contributed by atoms with Crippen LogP contribution in [0.3, 0.4) is 0 Å². The standard InChI is InChI=1S/C21H26N2O/c22-18-14-21(15-18)9-11-23(12-10-21)19-7-4-8-20(13-19)24-16-17-5-2-1-3-6-17/h1-8,13,18H,9-12,14-16,22H2. The first kappa shape index (κ1) is 15.5. The fraction of sp³-hybridized carbons (Fsp3) is 0.429. The number of nitrogens with zero attached hydrogens (tertiary/aromatic N) is 1. The lowest BCUT2D eigenvalue weighted by Crippen LogP contribution is -2.52. The van der Waals surface area contributed by atoms with Crippen LogP contribution in [0.2, 0.25) is 0 Å². The molecule has 1 aliphatic carbocycles. The van der Waals surface area contributed by atoms with E-state index in [1.807, 2.05) is 24.3 Å². The highest BCUT2D eigenvalue weighted by Crippen LogP contribution is 2.48. The second kappa shape index (κ2) is 6.48. The van der Waals surface area contributed by atoms with Gasteiger partial charge in [-0.15, -0.1) is 0 Å². The maximum Gasteiger partial charge on any atom is 0.121 e. The Labute approximate surface area is 144 Å². The molecular formula is C21H26N2O. The third kappa shape index (κ3) is 3.27. The van der Waals surface area contributed by atoms with Gasteiger partial charge in [0.15, 0.2) is 0 Å². The van der Waals surface area contributed by atoms with Gasteiger partial charge in [-0.05, 0) is 48.8 Å². The van der Waals surface area contributed by atoms with Gasteiger partial charge in [0.2, 0.25) is 0 Å². The maximum atomic E-state index is 6.00. The fourth-order valence-corrected chi connectivity index (χ4v) is 4.21. The molecule has 0 radical (unpaired) electrons. The molecule has 1 aliphatic heterocycles. The van der Waals surface area contributed by atoms with Gasteiger partial charge in [-0.3, -0.25) is 0 Å². The summed E-state index contributed by atoms with van der Waals surface area (Å²) in [5, 5.41) is 0. The quantitative estimate of drug-likeness (QED) is 0.925. The molecule has 4 rings (SSSR count). The van der Waals surface area contributed by atoms with Gasteiger partial charge in [-0.1, -0.05) is 36.4 Å². The zero-order valence-electron chi connectivity index (χ0n) is 14.2. The molecule has 1 saturated carbocycles. The molecule has 2 aromatic carbocycles. The van der Waals surface area contributed by atoms with E-state index in [4.69, 9.17) is 10.5 Å². The van der Waals surface area contributed by atoms with Crippen LogP contribution in [0.4, 0.5) is 5.69 Å². The second-order valence-electron chi connectivity index (χ2n) is 7.43. The Balaban J connectivity index is 1.36. The van der Waals surface area contributed by atoms with Crippen molar-refractivity contribution >= 4 is 5.69 Å². The van der Waals surface area contributed by atoms with Gasteiger partial charge in [-0.2, -0.15) is 0 Å². The predicted molar refractivity (Wildman–Crippen MR) is 98.3 cm³/mol. The van der Waals surface area contributed by atoms with Gasteiger partial charge in [0.05, 0.1) is 0 Å². The molecule has 24 heavy (non-hydrogen) atoms. The number of ether oxygens (including phenoxy) is 1. The maximum absolute atomic E-state index is 6.00. The van der Waals surface area contributed by atoms with Crippen molar-refractivity contribution < 1.29 is 4.74 Å². The van der Waals surface area contributed by atoms with Gasteiger partial charge in [-0.25, -0.2) is 0 Å².